The topological polar surface area (TPSA) is 11.4 Å². The average molecular weight is 1410 g/mol. The smallest absolute Gasteiger partial charge is 0.252 e. The van der Waals surface area contributed by atoms with Gasteiger partial charge in [0.2, 0.25) is 0 Å². The molecular weight excluding hydrogens is 1310 g/mol. The lowest BCUT2D eigenvalue weighted by atomic mass is 9.32. The molecule has 0 amide bonds. The summed E-state index contributed by atoms with van der Waals surface area (Å²) in [6.45, 7) is 35.2. The summed E-state index contributed by atoms with van der Waals surface area (Å²) in [7, 11) is 0. The molecular formula is C105H96BN3. The summed E-state index contributed by atoms with van der Waals surface area (Å²) in [6.07, 6.45) is 0. The summed E-state index contributed by atoms with van der Waals surface area (Å²) >= 11 is 0. The predicted octanol–water partition coefficient (Wildman–Crippen LogP) is 26.4. The Kier molecular flexibility index (Phi) is 16.1. The first-order valence-electron chi connectivity index (χ1n) is 39.3. The monoisotopic (exact) mass is 1410 g/mol. The zero-order valence-electron chi connectivity index (χ0n) is 65.9. The van der Waals surface area contributed by atoms with E-state index in [-0.39, 0.29) is 33.8 Å². The number of hydrogen-bond donors (Lipinski definition) is 0. The van der Waals surface area contributed by atoms with Crippen molar-refractivity contribution in [2.45, 2.75) is 136 Å². The second-order valence-corrected chi connectivity index (χ2v) is 36.1. The van der Waals surface area contributed by atoms with Crippen molar-refractivity contribution in [2.24, 2.45) is 0 Å². The number of rotatable bonds is 9. The molecule has 0 atom stereocenters. The second-order valence-electron chi connectivity index (χ2n) is 36.1. The summed E-state index contributed by atoms with van der Waals surface area (Å²) < 4.78 is 2.59. The van der Waals surface area contributed by atoms with Crippen LogP contribution in [0, 0.1) is 0 Å². The molecule has 0 saturated carbocycles. The Hall–Kier alpha value is -11.5. The number of aromatic nitrogens is 1. The third kappa shape index (κ3) is 11.2. The van der Waals surface area contributed by atoms with Gasteiger partial charge in [0.1, 0.15) is 0 Å². The fraction of sp³-hybridized carbons (Fsp3) is 0.200. The van der Waals surface area contributed by atoms with Gasteiger partial charge in [-0.05, 0) is 206 Å². The van der Waals surface area contributed by atoms with Crippen LogP contribution in [0.15, 0.2) is 309 Å². The molecule has 0 radical (unpaired) electrons. The van der Waals surface area contributed by atoms with Gasteiger partial charge in [0.15, 0.2) is 0 Å². The van der Waals surface area contributed by atoms with Crippen LogP contribution in [0.4, 0.5) is 34.1 Å². The zero-order chi connectivity index (χ0) is 75.4. The summed E-state index contributed by atoms with van der Waals surface area (Å²) in [6, 6.07) is 120. The van der Waals surface area contributed by atoms with Gasteiger partial charge in [0, 0.05) is 61.5 Å². The Morgan fingerprint density at radius 2 is 0.633 bits per heavy atom. The molecule has 0 bridgehead atoms. The van der Waals surface area contributed by atoms with E-state index in [9.17, 15) is 0 Å². The first-order chi connectivity index (χ1) is 52.3. The minimum Gasteiger partial charge on any atom is -0.310 e. The highest BCUT2D eigenvalue weighted by Crippen LogP contribution is 2.61. The average Bonchev–Trinajstić information content (AvgIpc) is 1.64. The van der Waals surface area contributed by atoms with Crippen LogP contribution in [0.2, 0.25) is 0 Å². The molecule has 0 saturated heterocycles. The molecule has 0 N–H and O–H groups in total. The molecule has 3 aliphatic rings. The van der Waals surface area contributed by atoms with Gasteiger partial charge < -0.3 is 14.4 Å². The van der Waals surface area contributed by atoms with Crippen LogP contribution in [0.3, 0.4) is 0 Å². The lowest BCUT2D eigenvalue weighted by Crippen LogP contribution is -2.62. The quantitative estimate of drug-likeness (QED) is 0.133. The van der Waals surface area contributed by atoms with Crippen molar-refractivity contribution in [2.75, 3.05) is 9.80 Å². The maximum absolute atomic E-state index is 2.78. The molecule has 2 aliphatic heterocycles. The van der Waals surface area contributed by atoms with Crippen LogP contribution in [-0.2, 0) is 32.5 Å². The van der Waals surface area contributed by atoms with Crippen molar-refractivity contribution < 1.29 is 0 Å². The molecule has 0 spiro atoms. The molecule has 109 heavy (non-hydrogen) atoms. The van der Waals surface area contributed by atoms with E-state index in [2.05, 4.69) is 428 Å². The van der Waals surface area contributed by atoms with Crippen molar-refractivity contribution in [1.29, 1.82) is 0 Å². The van der Waals surface area contributed by atoms with Gasteiger partial charge in [0.05, 0.1) is 27.8 Å². The van der Waals surface area contributed by atoms with E-state index in [0.717, 1.165) is 56.4 Å². The second kappa shape index (κ2) is 25.3. The van der Waals surface area contributed by atoms with E-state index >= 15 is 0 Å². The van der Waals surface area contributed by atoms with Crippen LogP contribution in [0.25, 0.3) is 83.1 Å². The van der Waals surface area contributed by atoms with Crippen molar-refractivity contribution in [3.05, 3.63) is 359 Å². The van der Waals surface area contributed by atoms with Crippen molar-refractivity contribution in [3.8, 4) is 61.3 Å². The Morgan fingerprint density at radius 3 is 1.04 bits per heavy atom. The van der Waals surface area contributed by atoms with Crippen LogP contribution in [0.1, 0.15) is 154 Å². The van der Waals surface area contributed by atoms with E-state index < -0.39 is 5.41 Å². The van der Waals surface area contributed by atoms with Crippen LogP contribution < -0.4 is 26.2 Å². The van der Waals surface area contributed by atoms with Gasteiger partial charge in [-0.15, -0.1) is 0 Å². The van der Waals surface area contributed by atoms with Crippen LogP contribution >= 0.6 is 0 Å². The maximum Gasteiger partial charge on any atom is 0.252 e. The minimum atomic E-state index is -0.695. The number of fused-ring (bicyclic) bond motifs is 11. The summed E-state index contributed by atoms with van der Waals surface area (Å²) in [5.41, 5.74) is 35.9. The molecule has 3 heterocycles. The van der Waals surface area contributed by atoms with E-state index in [1.165, 1.54) is 127 Å². The molecule has 15 aromatic rings. The molecule has 1 aromatic heterocycles. The molecule has 1 aliphatic carbocycles. The molecule has 4 heteroatoms. The Bertz CT molecular complexity index is 5860. The molecule has 0 fully saturated rings. The minimum absolute atomic E-state index is 0.0687. The molecule has 3 nitrogen and oxygen atoms in total. The van der Waals surface area contributed by atoms with Gasteiger partial charge in [-0.25, -0.2) is 0 Å². The van der Waals surface area contributed by atoms with Gasteiger partial charge >= 0.3 is 0 Å². The Balaban J connectivity index is 1.07. The lowest BCUT2D eigenvalue weighted by molar-refractivity contribution is 0.590. The third-order valence-electron chi connectivity index (χ3n) is 24.0. The summed E-state index contributed by atoms with van der Waals surface area (Å²) in [5, 5.41) is 2.53. The van der Waals surface area contributed by atoms with E-state index in [1.807, 2.05) is 0 Å². The molecule has 534 valence electrons. The fourth-order valence-corrected chi connectivity index (χ4v) is 18.3. The van der Waals surface area contributed by atoms with E-state index in [4.69, 9.17) is 0 Å². The van der Waals surface area contributed by atoms with Gasteiger partial charge in [-0.1, -0.05) is 334 Å². The maximum atomic E-state index is 2.78. The highest BCUT2D eigenvalue weighted by atomic mass is 15.2. The number of anilines is 6. The largest absolute Gasteiger partial charge is 0.310 e. The number of nitrogens with zero attached hydrogens (tertiary/aromatic N) is 3. The molecule has 14 aromatic carbocycles. The van der Waals surface area contributed by atoms with E-state index in [0.29, 0.717) is 0 Å². The Labute approximate surface area is 646 Å². The highest BCUT2D eigenvalue weighted by molar-refractivity contribution is 7.01. The highest BCUT2D eigenvalue weighted by Gasteiger charge is 2.53. The SMILES string of the molecule is CC(C)(C)c1cc(-c2ccccc2)c(N2c3cc(-n4c5ccc(C(C)(C)C)cc5c5cc(C(C)(C)C)ccc54)ccc3B3c4c2cc(C(C)(C)C)cc4N(c2c(-c4ccccc4)cc(C(C)(C)C)cc2-c2ccccc2)c2ccc4c(c23)-c2ccccc2C4(c2ccccc2)c2ccccc2)c(-c2ccccc2)c1. The first-order valence-corrected chi connectivity index (χ1v) is 39.3. The summed E-state index contributed by atoms with van der Waals surface area (Å²) in [5.74, 6) is 0. The number of hydrogen-bond acceptors (Lipinski definition) is 2. The normalized spacial score (nSPS) is 13.8. The standard InChI is InChI=1S/C105H96BN3/c1-100(2,3)73-50-55-89-84(58-73)85-59-74(101(4,5)6)51-56-90(85)107(89)78-52-54-88-92(66-78)109(99-82(69-40-26-18-27-41-69)62-76(103(10,11)12)63-83(99)70-42-28-19-29-43-70)94-65-77(104(13,14)15)64-93-96(94)106(88)97-91(108(93)98-80(67-36-22-16-23-37-67)60-75(102(7,8)9)61-81(98)68-38-24-17-25-39-68)57-53-87-95(97)79-48-34-35-49-86(79)105(87,71-44-30-20-31-45-71)72-46-32-21-33-47-72/h16-66H,1-15H3. The predicted molar refractivity (Wildman–Crippen MR) is 467 cm³/mol. The van der Waals surface area contributed by atoms with Gasteiger partial charge in [-0.2, -0.15) is 0 Å². The van der Waals surface area contributed by atoms with Crippen molar-refractivity contribution in [3.63, 3.8) is 0 Å². The van der Waals surface area contributed by atoms with Gasteiger partial charge in [0.25, 0.3) is 6.71 Å². The molecule has 0 unspecified atom stereocenters. The van der Waals surface area contributed by atoms with Crippen molar-refractivity contribution >= 4 is 79.0 Å². The summed E-state index contributed by atoms with van der Waals surface area (Å²) in [4.78, 5) is 5.55. The first kappa shape index (κ1) is 69.3. The fourth-order valence-electron chi connectivity index (χ4n) is 18.3. The number of benzene rings is 14. The third-order valence-corrected chi connectivity index (χ3v) is 24.0. The van der Waals surface area contributed by atoms with Gasteiger partial charge in [-0.3, -0.25) is 0 Å². The molecule has 18 rings (SSSR count). The van der Waals surface area contributed by atoms with Crippen molar-refractivity contribution in [1.82, 2.24) is 4.57 Å². The van der Waals surface area contributed by atoms with Crippen LogP contribution in [-0.4, -0.2) is 11.3 Å². The van der Waals surface area contributed by atoms with Crippen LogP contribution in [0.5, 0.6) is 0 Å². The lowest BCUT2D eigenvalue weighted by Gasteiger charge is -2.47. The van der Waals surface area contributed by atoms with E-state index in [1.54, 1.807) is 0 Å². The Morgan fingerprint density at radius 1 is 0.266 bits per heavy atom. The zero-order valence-corrected chi connectivity index (χ0v) is 65.9.